The van der Waals surface area contributed by atoms with Gasteiger partial charge in [0.25, 0.3) is 0 Å². The van der Waals surface area contributed by atoms with E-state index in [9.17, 15) is 18.0 Å². The van der Waals surface area contributed by atoms with Crippen LogP contribution in [0.5, 0.6) is 0 Å². The molecule has 6 heteroatoms. The number of amides is 1. The summed E-state index contributed by atoms with van der Waals surface area (Å²) in [5, 5.41) is 2.48. The fourth-order valence-electron chi connectivity index (χ4n) is 1.44. The molecule has 18 heavy (non-hydrogen) atoms. The number of benzene rings is 1. The Morgan fingerprint density at radius 1 is 1.33 bits per heavy atom. The summed E-state index contributed by atoms with van der Waals surface area (Å²) in [7, 11) is 0. The standard InChI is InChI=1S/C12H15F3N2O/c1-8(9-5-3-2-4-6-9)17-11(18)7-10(16)12(13,14)15/h2-6,8,10H,7,16H2,1H3,(H,17,18). The summed E-state index contributed by atoms with van der Waals surface area (Å²) in [5.41, 5.74) is 5.71. The third kappa shape index (κ3) is 4.37. The molecule has 1 aromatic carbocycles. The molecule has 0 heterocycles. The lowest BCUT2D eigenvalue weighted by Crippen LogP contribution is -2.42. The van der Waals surface area contributed by atoms with Gasteiger partial charge in [-0.05, 0) is 12.5 Å². The highest BCUT2D eigenvalue weighted by atomic mass is 19.4. The van der Waals surface area contributed by atoms with Crippen molar-refractivity contribution in [3.63, 3.8) is 0 Å². The zero-order valence-electron chi connectivity index (χ0n) is 9.87. The molecular weight excluding hydrogens is 245 g/mol. The molecule has 0 aliphatic rings. The molecule has 2 atom stereocenters. The van der Waals surface area contributed by atoms with E-state index in [1.807, 2.05) is 6.07 Å². The van der Waals surface area contributed by atoms with Crippen LogP contribution in [0.25, 0.3) is 0 Å². The summed E-state index contributed by atoms with van der Waals surface area (Å²) >= 11 is 0. The van der Waals surface area contributed by atoms with Gasteiger partial charge in [0.15, 0.2) is 0 Å². The molecule has 1 aromatic rings. The topological polar surface area (TPSA) is 55.1 Å². The molecule has 1 rings (SSSR count). The predicted octanol–water partition coefficient (Wildman–Crippen LogP) is 2.14. The SMILES string of the molecule is CC(NC(=O)CC(N)C(F)(F)F)c1ccccc1. The van der Waals surface area contributed by atoms with E-state index in [2.05, 4.69) is 5.32 Å². The summed E-state index contributed by atoms with van der Waals surface area (Å²) in [5.74, 6) is -0.712. The minimum Gasteiger partial charge on any atom is -0.350 e. The molecule has 100 valence electrons. The van der Waals surface area contributed by atoms with Crippen LogP contribution < -0.4 is 11.1 Å². The monoisotopic (exact) mass is 260 g/mol. The van der Waals surface area contributed by atoms with Crippen LogP contribution >= 0.6 is 0 Å². The normalized spacial score (nSPS) is 14.9. The van der Waals surface area contributed by atoms with Gasteiger partial charge in [0.1, 0.15) is 6.04 Å². The Hall–Kier alpha value is -1.56. The summed E-state index contributed by atoms with van der Waals surface area (Å²) in [6, 6.07) is 6.50. The van der Waals surface area contributed by atoms with Crippen LogP contribution in [0.15, 0.2) is 30.3 Å². The van der Waals surface area contributed by atoms with E-state index in [1.54, 1.807) is 31.2 Å². The number of rotatable bonds is 4. The third-order valence-electron chi connectivity index (χ3n) is 2.50. The van der Waals surface area contributed by atoms with Crippen LogP contribution in [-0.2, 0) is 4.79 Å². The van der Waals surface area contributed by atoms with Crippen molar-refractivity contribution >= 4 is 5.91 Å². The van der Waals surface area contributed by atoms with Crippen molar-refractivity contribution in [2.45, 2.75) is 31.6 Å². The van der Waals surface area contributed by atoms with Crippen molar-refractivity contribution in [2.24, 2.45) is 5.73 Å². The fourth-order valence-corrected chi connectivity index (χ4v) is 1.44. The smallest absolute Gasteiger partial charge is 0.350 e. The van der Waals surface area contributed by atoms with Gasteiger partial charge >= 0.3 is 6.18 Å². The first-order chi connectivity index (χ1) is 8.30. The van der Waals surface area contributed by atoms with E-state index in [-0.39, 0.29) is 6.04 Å². The maximum Gasteiger partial charge on any atom is 0.404 e. The highest BCUT2D eigenvalue weighted by molar-refractivity contribution is 5.77. The zero-order chi connectivity index (χ0) is 13.8. The van der Waals surface area contributed by atoms with E-state index < -0.39 is 24.5 Å². The maximum atomic E-state index is 12.2. The zero-order valence-corrected chi connectivity index (χ0v) is 9.87. The van der Waals surface area contributed by atoms with E-state index in [4.69, 9.17) is 5.73 Å². The lowest BCUT2D eigenvalue weighted by Gasteiger charge is -2.18. The van der Waals surface area contributed by atoms with Crippen LogP contribution in [0.3, 0.4) is 0 Å². The third-order valence-corrected chi connectivity index (χ3v) is 2.50. The van der Waals surface area contributed by atoms with Gasteiger partial charge in [0.2, 0.25) is 5.91 Å². The fraction of sp³-hybridized carbons (Fsp3) is 0.417. The molecule has 1 amide bonds. The molecule has 0 aromatic heterocycles. The van der Waals surface area contributed by atoms with E-state index in [0.717, 1.165) is 5.56 Å². The molecule has 3 N–H and O–H groups in total. The van der Waals surface area contributed by atoms with Gasteiger partial charge in [-0.15, -0.1) is 0 Å². The Kier molecular flexibility index (Phi) is 4.72. The molecule has 0 bridgehead atoms. The first-order valence-electron chi connectivity index (χ1n) is 5.47. The van der Waals surface area contributed by atoms with Gasteiger partial charge in [-0.2, -0.15) is 13.2 Å². The summed E-state index contributed by atoms with van der Waals surface area (Å²) in [4.78, 5) is 11.4. The van der Waals surface area contributed by atoms with E-state index >= 15 is 0 Å². The molecule has 0 aliphatic carbocycles. The van der Waals surface area contributed by atoms with Crippen molar-refractivity contribution in [3.8, 4) is 0 Å². The number of nitrogens with one attached hydrogen (secondary N) is 1. The number of halogens is 3. The van der Waals surface area contributed by atoms with Crippen molar-refractivity contribution in [3.05, 3.63) is 35.9 Å². The Balaban J connectivity index is 2.51. The van der Waals surface area contributed by atoms with Gasteiger partial charge < -0.3 is 11.1 Å². The molecule has 0 radical (unpaired) electrons. The molecule has 2 unspecified atom stereocenters. The average molecular weight is 260 g/mol. The van der Waals surface area contributed by atoms with Gasteiger partial charge in [-0.25, -0.2) is 0 Å². The number of carbonyl (C=O) groups is 1. The highest BCUT2D eigenvalue weighted by Crippen LogP contribution is 2.21. The number of carbonyl (C=O) groups excluding carboxylic acids is 1. The number of hydrogen-bond donors (Lipinski definition) is 2. The summed E-state index contributed by atoms with van der Waals surface area (Å²) in [6.07, 6.45) is -5.31. The van der Waals surface area contributed by atoms with E-state index in [0.29, 0.717) is 0 Å². The molecular formula is C12H15F3N2O. The molecule has 0 fully saturated rings. The van der Waals surface area contributed by atoms with E-state index in [1.165, 1.54) is 0 Å². The second-order valence-electron chi connectivity index (χ2n) is 4.05. The Morgan fingerprint density at radius 3 is 2.39 bits per heavy atom. The first kappa shape index (κ1) is 14.5. The Bertz CT molecular complexity index is 392. The summed E-state index contributed by atoms with van der Waals surface area (Å²) < 4.78 is 36.5. The van der Waals surface area contributed by atoms with Crippen LogP contribution in [0.1, 0.15) is 24.9 Å². The second kappa shape index (κ2) is 5.86. The molecule has 0 saturated carbocycles. The molecule has 0 aliphatic heterocycles. The average Bonchev–Trinajstić information content (AvgIpc) is 2.28. The quantitative estimate of drug-likeness (QED) is 0.871. The largest absolute Gasteiger partial charge is 0.404 e. The van der Waals surface area contributed by atoms with Crippen LogP contribution in [0.4, 0.5) is 13.2 Å². The first-order valence-corrected chi connectivity index (χ1v) is 5.47. The van der Waals surface area contributed by atoms with Gasteiger partial charge in [-0.3, -0.25) is 4.79 Å². The highest BCUT2D eigenvalue weighted by Gasteiger charge is 2.38. The van der Waals surface area contributed by atoms with Gasteiger partial charge in [-0.1, -0.05) is 30.3 Å². The lowest BCUT2D eigenvalue weighted by molar-refractivity contribution is -0.154. The van der Waals surface area contributed by atoms with Crippen molar-refractivity contribution in [1.82, 2.24) is 5.32 Å². The predicted molar refractivity (Wildman–Crippen MR) is 61.6 cm³/mol. The second-order valence-corrected chi connectivity index (χ2v) is 4.05. The molecule has 3 nitrogen and oxygen atoms in total. The van der Waals surface area contributed by atoms with Gasteiger partial charge in [0.05, 0.1) is 12.5 Å². The van der Waals surface area contributed by atoms with Gasteiger partial charge in [0, 0.05) is 0 Å². The lowest BCUT2D eigenvalue weighted by atomic mass is 10.1. The Labute approximate surface area is 103 Å². The summed E-state index contributed by atoms with van der Waals surface area (Å²) in [6.45, 7) is 1.70. The van der Waals surface area contributed by atoms with Crippen LogP contribution in [-0.4, -0.2) is 18.1 Å². The molecule has 0 saturated heterocycles. The number of alkyl halides is 3. The van der Waals surface area contributed by atoms with Crippen LogP contribution in [0.2, 0.25) is 0 Å². The van der Waals surface area contributed by atoms with Crippen LogP contribution in [0, 0.1) is 0 Å². The number of nitrogens with two attached hydrogens (primary N) is 1. The minimum absolute atomic E-state index is 0.348. The van der Waals surface area contributed by atoms with Crippen molar-refractivity contribution < 1.29 is 18.0 Å². The maximum absolute atomic E-state index is 12.2. The minimum atomic E-state index is -4.55. The molecule has 0 spiro atoms. The van der Waals surface area contributed by atoms with Crippen molar-refractivity contribution in [1.29, 1.82) is 0 Å². The number of hydrogen-bond acceptors (Lipinski definition) is 2. The Morgan fingerprint density at radius 2 is 1.89 bits per heavy atom. The van der Waals surface area contributed by atoms with Crippen molar-refractivity contribution in [2.75, 3.05) is 0 Å².